The van der Waals surface area contributed by atoms with Gasteiger partial charge < -0.3 is 10.3 Å². The summed E-state index contributed by atoms with van der Waals surface area (Å²) < 4.78 is 55.4. The Morgan fingerprint density at radius 1 is 1.14 bits per heavy atom. The lowest BCUT2D eigenvalue weighted by molar-refractivity contribution is 0.103. The average molecular weight is 514 g/mol. The number of nitrogens with two attached hydrogens (primary N) is 1. The quantitative estimate of drug-likeness (QED) is 0.296. The third kappa shape index (κ3) is 4.71. The highest BCUT2D eigenvalue weighted by Crippen LogP contribution is 2.34. The summed E-state index contributed by atoms with van der Waals surface area (Å²) in [5.41, 5.74) is -0.0891. The molecule has 0 bridgehead atoms. The van der Waals surface area contributed by atoms with Crippen LogP contribution in [0.25, 0.3) is 22.2 Å². The molecular formula is C25H25F2N5O3S. The van der Waals surface area contributed by atoms with Gasteiger partial charge in [0.25, 0.3) is 0 Å². The van der Waals surface area contributed by atoms with Crippen molar-refractivity contribution in [3.63, 3.8) is 0 Å². The van der Waals surface area contributed by atoms with E-state index >= 15 is 4.39 Å². The highest BCUT2D eigenvalue weighted by molar-refractivity contribution is 7.89. The average Bonchev–Trinajstić information content (AvgIpc) is 3.23. The number of hydrogen-bond acceptors (Lipinski definition) is 6. The van der Waals surface area contributed by atoms with E-state index in [1.54, 1.807) is 6.07 Å². The van der Waals surface area contributed by atoms with Crippen LogP contribution in [-0.2, 0) is 16.4 Å². The van der Waals surface area contributed by atoms with E-state index in [-0.39, 0.29) is 33.0 Å². The molecule has 2 aromatic heterocycles. The zero-order valence-corrected chi connectivity index (χ0v) is 20.7. The number of anilines is 1. The second-order valence-corrected chi connectivity index (χ2v) is 10.2. The Morgan fingerprint density at radius 3 is 2.56 bits per heavy atom. The Balaban J connectivity index is 1.93. The lowest BCUT2D eigenvalue weighted by atomic mass is 9.95. The number of carbonyl (C=O) groups excluding carboxylic acids is 1. The van der Waals surface area contributed by atoms with Crippen molar-refractivity contribution < 1.29 is 22.0 Å². The Hall–Kier alpha value is -3.70. The normalized spacial score (nSPS) is 11.9. The van der Waals surface area contributed by atoms with Crippen molar-refractivity contribution in [3.8, 4) is 11.1 Å². The predicted octanol–water partition coefficient (Wildman–Crippen LogP) is 4.55. The van der Waals surface area contributed by atoms with E-state index in [2.05, 4.69) is 20.3 Å². The lowest BCUT2D eigenvalue weighted by Gasteiger charge is -2.14. The minimum Gasteiger partial charge on any atom is -0.367 e. The molecule has 0 fully saturated rings. The zero-order chi connectivity index (χ0) is 26.2. The first-order chi connectivity index (χ1) is 17.0. The number of benzene rings is 2. The van der Waals surface area contributed by atoms with Gasteiger partial charge in [0, 0.05) is 23.4 Å². The number of H-pyrrole nitrogens is 1. The van der Waals surface area contributed by atoms with Crippen LogP contribution in [0.2, 0.25) is 0 Å². The molecule has 8 nitrogen and oxygen atoms in total. The summed E-state index contributed by atoms with van der Waals surface area (Å²) in [6, 6.07) is 6.38. The number of aryl methyl sites for hydroxylation is 1. The van der Waals surface area contributed by atoms with E-state index in [1.165, 1.54) is 24.7 Å². The molecule has 0 amide bonds. The van der Waals surface area contributed by atoms with Gasteiger partial charge in [-0.1, -0.05) is 19.4 Å². The van der Waals surface area contributed by atoms with Gasteiger partial charge in [0.05, 0.1) is 21.4 Å². The molecule has 0 aliphatic heterocycles. The number of nitrogens with zero attached hydrogens (tertiary/aromatic N) is 2. The Bertz CT molecular complexity index is 1580. The lowest BCUT2D eigenvalue weighted by Crippen LogP contribution is -2.15. The molecule has 0 spiro atoms. The standard InChI is InChI=1S/C25H25F2N5O3S/c1-4-5-14-6-9-19(36(28,34)35)16(10-14)15-7-8-18(26)21(22(15)27)23(33)17-11-29-24-20(17)25(31-12-30-24)32-13(2)3/h6-13H,4-5H2,1-3H3,(H2,28,34,35)(H2,29,30,31,32). The maximum absolute atomic E-state index is 15.9. The zero-order valence-electron chi connectivity index (χ0n) is 19.9. The molecule has 4 N–H and O–H groups in total. The molecule has 188 valence electrons. The van der Waals surface area contributed by atoms with E-state index in [0.29, 0.717) is 17.9 Å². The number of primary sulfonamides is 1. The minimum absolute atomic E-state index is 0.0323. The molecule has 11 heteroatoms. The van der Waals surface area contributed by atoms with E-state index in [9.17, 15) is 17.6 Å². The molecule has 2 aromatic carbocycles. The molecule has 4 aromatic rings. The second-order valence-electron chi connectivity index (χ2n) is 8.69. The molecule has 0 aliphatic carbocycles. The smallest absolute Gasteiger partial charge is 0.238 e. The van der Waals surface area contributed by atoms with Crippen molar-refractivity contribution in [3.05, 3.63) is 71.2 Å². The number of sulfonamides is 1. The van der Waals surface area contributed by atoms with E-state index in [1.807, 2.05) is 20.8 Å². The summed E-state index contributed by atoms with van der Waals surface area (Å²) in [4.78, 5) is 24.3. The summed E-state index contributed by atoms with van der Waals surface area (Å²) in [6.45, 7) is 5.69. The molecule has 0 aliphatic rings. The largest absolute Gasteiger partial charge is 0.367 e. The third-order valence-electron chi connectivity index (χ3n) is 5.64. The Morgan fingerprint density at radius 2 is 1.89 bits per heavy atom. The number of carbonyl (C=O) groups is 1. The molecule has 4 rings (SSSR count). The van der Waals surface area contributed by atoms with Gasteiger partial charge in [-0.05, 0) is 50.1 Å². The van der Waals surface area contributed by atoms with Crippen LogP contribution >= 0.6 is 0 Å². The van der Waals surface area contributed by atoms with Gasteiger partial charge in [0.1, 0.15) is 29.4 Å². The summed E-state index contributed by atoms with van der Waals surface area (Å²) in [7, 11) is -4.24. The predicted molar refractivity (Wildman–Crippen MR) is 133 cm³/mol. The van der Waals surface area contributed by atoms with Crippen molar-refractivity contribution in [2.75, 3.05) is 5.32 Å². The van der Waals surface area contributed by atoms with Gasteiger partial charge in [-0.2, -0.15) is 0 Å². The molecular weight excluding hydrogens is 488 g/mol. The van der Waals surface area contributed by atoms with Crippen LogP contribution in [0.1, 0.15) is 48.7 Å². The van der Waals surface area contributed by atoms with Crippen molar-refractivity contribution in [1.82, 2.24) is 15.0 Å². The highest BCUT2D eigenvalue weighted by atomic mass is 32.2. The van der Waals surface area contributed by atoms with Gasteiger partial charge in [0.15, 0.2) is 0 Å². The number of aromatic nitrogens is 3. The van der Waals surface area contributed by atoms with Crippen LogP contribution in [0.5, 0.6) is 0 Å². The van der Waals surface area contributed by atoms with Crippen molar-refractivity contribution in [2.45, 2.75) is 44.6 Å². The van der Waals surface area contributed by atoms with Gasteiger partial charge in [-0.15, -0.1) is 0 Å². The van der Waals surface area contributed by atoms with Crippen LogP contribution in [0, 0.1) is 11.6 Å². The van der Waals surface area contributed by atoms with Gasteiger partial charge >= 0.3 is 0 Å². The summed E-state index contributed by atoms with van der Waals surface area (Å²) >= 11 is 0. The second kappa shape index (κ2) is 9.75. The first kappa shape index (κ1) is 25.4. The fourth-order valence-corrected chi connectivity index (χ4v) is 4.84. The number of ketones is 1. The van der Waals surface area contributed by atoms with Crippen LogP contribution in [0.3, 0.4) is 0 Å². The van der Waals surface area contributed by atoms with Gasteiger partial charge in [0.2, 0.25) is 15.8 Å². The minimum atomic E-state index is -4.24. The third-order valence-corrected chi connectivity index (χ3v) is 6.61. The maximum Gasteiger partial charge on any atom is 0.238 e. The number of fused-ring (bicyclic) bond motifs is 1. The molecule has 36 heavy (non-hydrogen) atoms. The summed E-state index contributed by atoms with van der Waals surface area (Å²) in [5.74, 6) is -2.89. The Labute approximate surface area is 207 Å². The topological polar surface area (TPSA) is 131 Å². The SMILES string of the molecule is CCCc1ccc(S(N)(=O)=O)c(-c2ccc(F)c(C(=O)c3c[nH]c4ncnc(NC(C)C)c34)c2F)c1. The molecule has 0 radical (unpaired) electrons. The Kier molecular flexibility index (Phi) is 6.87. The van der Waals surface area contributed by atoms with E-state index < -0.39 is 33.0 Å². The van der Waals surface area contributed by atoms with Crippen molar-refractivity contribution in [2.24, 2.45) is 5.14 Å². The van der Waals surface area contributed by atoms with Crippen molar-refractivity contribution >= 4 is 32.7 Å². The fraction of sp³-hybridized carbons (Fsp3) is 0.240. The molecule has 0 unspecified atom stereocenters. The molecule has 2 heterocycles. The van der Waals surface area contributed by atoms with Gasteiger partial charge in [-0.25, -0.2) is 32.3 Å². The first-order valence-corrected chi connectivity index (χ1v) is 12.8. The fourth-order valence-electron chi connectivity index (χ4n) is 4.11. The van der Waals surface area contributed by atoms with Crippen molar-refractivity contribution in [1.29, 1.82) is 0 Å². The van der Waals surface area contributed by atoms with Crippen LogP contribution in [-0.4, -0.2) is 35.2 Å². The summed E-state index contributed by atoms with van der Waals surface area (Å²) in [5, 5.41) is 8.76. The van der Waals surface area contributed by atoms with E-state index in [4.69, 9.17) is 5.14 Å². The van der Waals surface area contributed by atoms with Gasteiger partial charge in [-0.3, -0.25) is 4.79 Å². The first-order valence-electron chi connectivity index (χ1n) is 11.3. The monoisotopic (exact) mass is 513 g/mol. The number of hydrogen-bond donors (Lipinski definition) is 3. The molecule has 0 atom stereocenters. The molecule has 0 saturated heterocycles. The molecule has 0 saturated carbocycles. The maximum atomic E-state index is 15.9. The number of rotatable bonds is 8. The number of halogens is 2. The van der Waals surface area contributed by atoms with Crippen LogP contribution in [0.15, 0.2) is 47.8 Å². The highest BCUT2D eigenvalue weighted by Gasteiger charge is 2.28. The van der Waals surface area contributed by atoms with Crippen LogP contribution < -0.4 is 10.5 Å². The van der Waals surface area contributed by atoms with Crippen LogP contribution in [0.4, 0.5) is 14.6 Å². The summed E-state index contributed by atoms with van der Waals surface area (Å²) in [6.07, 6.45) is 3.99. The number of aromatic amines is 1. The van der Waals surface area contributed by atoms with E-state index in [0.717, 1.165) is 24.1 Å². The number of nitrogens with one attached hydrogen (secondary N) is 2.